The van der Waals surface area contributed by atoms with E-state index in [0.29, 0.717) is 4.47 Å². The molecule has 1 aromatic heterocycles. The van der Waals surface area contributed by atoms with E-state index in [2.05, 4.69) is 21.0 Å². The number of ether oxygens (including phenoxy) is 1. The van der Waals surface area contributed by atoms with Gasteiger partial charge in [0.05, 0.1) is 22.6 Å². The third-order valence-electron chi connectivity index (χ3n) is 3.05. The van der Waals surface area contributed by atoms with Gasteiger partial charge in [0.1, 0.15) is 12.4 Å². The summed E-state index contributed by atoms with van der Waals surface area (Å²) >= 11 is 3.12. The second-order valence-corrected chi connectivity index (χ2v) is 5.39. The number of nitrogens with zero attached hydrogens (tertiary/aromatic N) is 2. The molecular formula is C14H15BrFN3O2. The molecule has 0 atom stereocenters. The molecule has 0 saturated heterocycles. The number of rotatable bonds is 4. The average Bonchev–Trinajstić information content (AvgIpc) is 2.80. The summed E-state index contributed by atoms with van der Waals surface area (Å²) in [4.78, 5) is 12.0. The Labute approximate surface area is 130 Å². The Morgan fingerprint density at radius 3 is 2.81 bits per heavy atom. The molecule has 0 saturated carbocycles. The fourth-order valence-electron chi connectivity index (χ4n) is 1.82. The number of nitrogen functional groups attached to an aromatic ring is 1. The number of carbonyl (C=O) groups excluding carboxylic acids is 1. The lowest BCUT2D eigenvalue weighted by Gasteiger charge is -2.08. The van der Waals surface area contributed by atoms with Crippen molar-refractivity contribution in [2.75, 3.05) is 5.73 Å². The number of esters is 1. The normalized spacial score (nSPS) is 10.7. The highest BCUT2D eigenvalue weighted by atomic mass is 79.9. The Hall–Kier alpha value is -1.89. The zero-order chi connectivity index (χ0) is 15.6. The van der Waals surface area contributed by atoms with Gasteiger partial charge in [-0.05, 0) is 40.5 Å². The summed E-state index contributed by atoms with van der Waals surface area (Å²) in [5.41, 5.74) is 7.26. The van der Waals surface area contributed by atoms with E-state index in [-0.39, 0.29) is 17.9 Å². The maximum absolute atomic E-state index is 13.2. The Kier molecular flexibility index (Phi) is 4.62. The number of halogens is 2. The Balaban J connectivity index is 2.11. The van der Waals surface area contributed by atoms with Gasteiger partial charge < -0.3 is 10.5 Å². The number of hydrogen-bond donors (Lipinski definition) is 1. The van der Waals surface area contributed by atoms with Gasteiger partial charge in [0, 0.05) is 11.5 Å². The van der Waals surface area contributed by atoms with E-state index in [1.54, 1.807) is 11.7 Å². The highest BCUT2D eigenvalue weighted by Crippen LogP contribution is 2.23. The fourth-order valence-corrected chi connectivity index (χ4v) is 2.30. The number of aromatic nitrogens is 2. The monoisotopic (exact) mass is 355 g/mol. The molecule has 0 fully saturated rings. The van der Waals surface area contributed by atoms with Crippen LogP contribution in [-0.4, -0.2) is 15.7 Å². The first-order valence-electron chi connectivity index (χ1n) is 6.35. The van der Waals surface area contributed by atoms with Gasteiger partial charge in [-0.2, -0.15) is 5.10 Å². The number of carbonyl (C=O) groups is 1. The van der Waals surface area contributed by atoms with E-state index in [9.17, 15) is 9.18 Å². The topological polar surface area (TPSA) is 70.1 Å². The van der Waals surface area contributed by atoms with Gasteiger partial charge in [0.2, 0.25) is 0 Å². The van der Waals surface area contributed by atoms with Crippen molar-refractivity contribution in [3.05, 3.63) is 45.4 Å². The molecule has 0 aliphatic heterocycles. The summed E-state index contributed by atoms with van der Waals surface area (Å²) in [5.74, 6) is -1.16. The van der Waals surface area contributed by atoms with Gasteiger partial charge >= 0.3 is 5.97 Å². The lowest BCUT2D eigenvalue weighted by atomic mass is 10.2. The van der Waals surface area contributed by atoms with Crippen molar-refractivity contribution in [1.29, 1.82) is 0 Å². The molecule has 0 radical (unpaired) electrons. The minimum absolute atomic E-state index is 0.0893. The second-order valence-electron chi connectivity index (χ2n) is 4.53. The van der Waals surface area contributed by atoms with Crippen LogP contribution in [0.25, 0.3) is 0 Å². The van der Waals surface area contributed by atoms with Gasteiger partial charge in [0.15, 0.2) is 0 Å². The third kappa shape index (κ3) is 3.41. The third-order valence-corrected chi connectivity index (χ3v) is 3.70. The molecule has 21 heavy (non-hydrogen) atoms. The molecular weight excluding hydrogens is 341 g/mol. The van der Waals surface area contributed by atoms with Crippen molar-refractivity contribution in [3.8, 4) is 0 Å². The number of hydrogen-bond acceptors (Lipinski definition) is 4. The molecule has 2 N–H and O–H groups in total. The van der Waals surface area contributed by atoms with E-state index < -0.39 is 11.8 Å². The lowest BCUT2D eigenvalue weighted by molar-refractivity contribution is 0.0462. The fraction of sp³-hybridized carbons (Fsp3) is 0.286. The number of nitrogens with two attached hydrogens (primary N) is 1. The van der Waals surface area contributed by atoms with Crippen LogP contribution in [0.5, 0.6) is 0 Å². The molecule has 1 heterocycles. The Morgan fingerprint density at radius 2 is 2.19 bits per heavy atom. The van der Waals surface area contributed by atoms with E-state index in [1.807, 2.05) is 13.0 Å². The molecule has 0 bridgehead atoms. The van der Waals surface area contributed by atoms with E-state index >= 15 is 0 Å². The molecule has 5 nitrogen and oxygen atoms in total. The van der Waals surface area contributed by atoms with E-state index in [0.717, 1.165) is 23.9 Å². The maximum Gasteiger partial charge on any atom is 0.339 e. The molecule has 0 aliphatic carbocycles. The average molecular weight is 356 g/mol. The predicted molar refractivity (Wildman–Crippen MR) is 80.2 cm³/mol. The minimum Gasteiger partial charge on any atom is -0.456 e. The Morgan fingerprint density at radius 1 is 1.48 bits per heavy atom. The number of anilines is 1. The SMILES string of the molecule is CCc1cc(COC(=O)c2cc(N)c(F)cc2Br)n(C)n1. The molecule has 0 amide bonds. The summed E-state index contributed by atoms with van der Waals surface area (Å²) in [6.45, 7) is 2.09. The van der Waals surface area contributed by atoms with Crippen molar-refractivity contribution in [3.63, 3.8) is 0 Å². The van der Waals surface area contributed by atoms with Crippen LogP contribution in [0, 0.1) is 5.82 Å². The van der Waals surface area contributed by atoms with Crippen molar-refractivity contribution in [2.45, 2.75) is 20.0 Å². The van der Waals surface area contributed by atoms with Crippen LogP contribution >= 0.6 is 15.9 Å². The van der Waals surface area contributed by atoms with Crippen LogP contribution in [0.2, 0.25) is 0 Å². The first-order chi connectivity index (χ1) is 9.92. The highest BCUT2D eigenvalue weighted by Gasteiger charge is 2.15. The molecule has 1 aromatic carbocycles. The number of benzene rings is 1. The van der Waals surface area contributed by atoms with Crippen LogP contribution < -0.4 is 5.73 Å². The van der Waals surface area contributed by atoms with Crippen molar-refractivity contribution in [1.82, 2.24) is 9.78 Å². The molecule has 7 heteroatoms. The van der Waals surface area contributed by atoms with E-state index in [4.69, 9.17) is 10.5 Å². The van der Waals surface area contributed by atoms with Crippen LogP contribution in [0.3, 0.4) is 0 Å². The van der Waals surface area contributed by atoms with Crippen LogP contribution in [0.4, 0.5) is 10.1 Å². The van der Waals surface area contributed by atoms with Gasteiger partial charge in [-0.1, -0.05) is 6.92 Å². The van der Waals surface area contributed by atoms with Crippen LogP contribution in [-0.2, 0) is 24.8 Å². The van der Waals surface area contributed by atoms with Crippen molar-refractivity contribution in [2.24, 2.45) is 7.05 Å². The van der Waals surface area contributed by atoms with Crippen LogP contribution in [0.15, 0.2) is 22.7 Å². The summed E-state index contributed by atoms with van der Waals surface area (Å²) in [6, 6.07) is 4.27. The van der Waals surface area contributed by atoms with Crippen molar-refractivity contribution < 1.29 is 13.9 Å². The molecule has 0 unspecified atom stereocenters. The Bertz CT molecular complexity index is 685. The van der Waals surface area contributed by atoms with Gasteiger partial charge in [0.25, 0.3) is 0 Å². The zero-order valence-corrected chi connectivity index (χ0v) is 13.3. The predicted octanol–water partition coefficient (Wildman–Crippen LogP) is 2.82. The maximum atomic E-state index is 13.2. The summed E-state index contributed by atoms with van der Waals surface area (Å²) in [6.07, 6.45) is 0.807. The number of aryl methyl sites for hydroxylation is 2. The largest absolute Gasteiger partial charge is 0.456 e. The molecule has 0 aliphatic rings. The highest BCUT2D eigenvalue weighted by molar-refractivity contribution is 9.10. The van der Waals surface area contributed by atoms with Gasteiger partial charge in [-0.25, -0.2) is 9.18 Å². The van der Waals surface area contributed by atoms with Crippen LogP contribution in [0.1, 0.15) is 28.7 Å². The standard InChI is InChI=1S/C14H15BrFN3O2/c1-3-8-4-9(19(2)18-8)7-21-14(20)10-5-13(17)12(16)6-11(10)15/h4-6H,3,7,17H2,1-2H3. The van der Waals surface area contributed by atoms with E-state index in [1.165, 1.54) is 6.07 Å². The first kappa shape index (κ1) is 15.5. The zero-order valence-electron chi connectivity index (χ0n) is 11.7. The quantitative estimate of drug-likeness (QED) is 0.676. The molecule has 2 rings (SSSR count). The molecule has 2 aromatic rings. The second kappa shape index (κ2) is 6.26. The summed E-state index contributed by atoms with van der Waals surface area (Å²) in [5, 5.41) is 4.27. The van der Waals surface area contributed by atoms with Gasteiger partial charge in [-0.15, -0.1) is 0 Å². The smallest absolute Gasteiger partial charge is 0.339 e. The summed E-state index contributed by atoms with van der Waals surface area (Å²) in [7, 11) is 1.79. The molecule has 0 spiro atoms. The lowest BCUT2D eigenvalue weighted by Crippen LogP contribution is -2.09. The summed E-state index contributed by atoms with van der Waals surface area (Å²) < 4.78 is 20.4. The van der Waals surface area contributed by atoms with Gasteiger partial charge in [-0.3, -0.25) is 4.68 Å². The first-order valence-corrected chi connectivity index (χ1v) is 7.15. The minimum atomic E-state index is -0.586. The van der Waals surface area contributed by atoms with Crippen molar-refractivity contribution >= 4 is 27.6 Å². The molecule has 112 valence electrons.